The van der Waals surface area contributed by atoms with Crippen molar-refractivity contribution in [3.63, 3.8) is 0 Å². The normalized spacial score (nSPS) is 9.08. The van der Waals surface area contributed by atoms with Gasteiger partial charge in [-0.3, -0.25) is 10.2 Å². The van der Waals surface area contributed by atoms with Crippen molar-refractivity contribution in [1.82, 2.24) is 10.7 Å². The van der Waals surface area contributed by atoms with Gasteiger partial charge in [0.15, 0.2) is 0 Å². The maximum Gasteiger partial charge on any atom is 0.328 e. The van der Waals surface area contributed by atoms with Gasteiger partial charge >= 0.3 is 6.03 Å². The average Bonchev–Trinajstić information content (AvgIpc) is 2.03. The number of primary amides is 1. The number of nitrogens with one attached hydrogen (secondary N) is 2. The molecule has 0 fully saturated rings. The standard InChI is InChI=1S/C5H12N4O3/c6-4(10)3-12-2-1-8-5(11)9-7/h1-3,7H2,(H2,6,10)(H2,8,9,11). The lowest BCUT2D eigenvalue weighted by atomic mass is 10.6. The second-order valence-electron chi connectivity index (χ2n) is 1.92. The zero-order valence-corrected chi connectivity index (χ0v) is 6.50. The van der Waals surface area contributed by atoms with Crippen LogP contribution in [-0.4, -0.2) is 31.7 Å². The molecule has 7 heteroatoms. The fourth-order valence-corrected chi connectivity index (χ4v) is 0.461. The molecule has 0 aliphatic heterocycles. The Bertz CT molecular complexity index is 161. The molecule has 0 aromatic heterocycles. The summed E-state index contributed by atoms with van der Waals surface area (Å²) in [6.45, 7) is 0.346. The number of hydrazine groups is 1. The summed E-state index contributed by atoms with van der Waals surface area (Å²) in [5.74, 6) is 4.21. The van der Waals surface area contributed by atoms with Crippen LogP contribution in [0, 0.1) is 0 Å². The fraction of sp³-hybridized carbons (Fsp3) is 0.600. The lowest BCUT2D eigenvalue weighted by Crippen LogP contribution is -2.41. The van der Waals surface area contributed by atoms with E-state index in [1.807, 2.05) is 5.43 Å². The Morgan fingerprint density at radius 3 is 2.58 bits per heavy atom. The van der Waals surface area contributed by atoms with Gasteiger partial charge in [-0.1, -0.05) is 0 Å². The molecular formula is C5H12N4O3. The van der Waals surface area contributed by atoms with E-state index in [1.54, 1.807) is 0 Å². The number of urea groups is 1. The Balaban J connectivity index is 3.11. The van der Waals surface area contributed by atoms with Gasteiger partial charge in [0.05, 0.1) is 6.61 Å². The Morgan fingerprint density at radius 1 is 1.42 bits per heavy atom. The van der Waals surface area contributed by atoms with Crippen LogP contribution in [0.2, 0.25) is 0 Å². The molecule has 0 atom stereocenters. The third kappa shape index (κ3) is 6.78. The first kappa shape index (κ1) is 10.7. The molecule has 0 spiro atoms. The van der Waals surface area contributed by atoms with Gasteiger partial charge in [-0.05, 0) is 0 Å². The zero-order chi connectivity index (χ0) is 9.40. The summed E-state index contributed by atoms with van der Waals surface area (Å²) >= 11 is 0. The maximum atomic E-state index is 10.4. The molecule has 0 heterocycles. The first-order valence-electron chi connectivity index (χ1n) is 3.27. The first-order valence-corrected chi connectivity index (χ1v) is 3.27. The molecule has 0 bridgehead atoms. The number of ether oxygens (including phenoxy) is 1. The van der Waals surface area contributed by atoms with Gasteiger partial charge in [0.25, 0.3) is 0 Å². The van der Waals surface area contributed by atoms with Crippen molar-refractivity contribution in [3.8, 4) is 0 Å². The molecule has 7 nitrogen and oxygen atoms in total. The van der Waals surface area contributed by atoms with E-state index in [1.165, 1.54) is 0 Å². The summed E-state index contributed by atoms with van der Waals surface area (Å²) in [5.41, 5.74) is 6.64. The van der Waals surface area contributed by atoms with Crippen molar-refractivity contribution in [2.75, 3.05) is 19.8 Å². The molecule has 70 valence electrons. The first-order chi connectivity index (χ1) is 5.66. The molecule has 0 radical (unpaired) electrons. The van der Waals surface area contributed by atoms with Gasteiger partial charge in [-0.2, -0.15) is 0 Å². The molecule has 0 saturated carbocycles. The third-order valence-electron chi connectivity index (χ3n) is 0.907. The summed E-state index contributed by atoms with van der Waals surface area (Å²) in [5, 5.41) is 2.35. The second-order valence-corrected chi connectivity index (χ2v) is 1.92. The number of hydrogen-bond donors (Lipinski definition) is 4. The highest BCUT2D eigenvalue weighted by molar-refractivity contribution is 5.75. The highest BCUT2D eigenvalue weighted by atomic mass is 16.5. The van der Waals surface area contributed by atoms with E-state index >= 15 is 0 Å². The lowest BCUT2D eigenvalue weighted by Gasteiger charge is -2.03. The van der Waals surface area contributed by atoms with E-state index in [0.717, 1.165) is 0 Å². The summed E-state index contributed by atoms with van der Waals surface area (Å²) in [6, 6.07) is -0.502. The highest BCUT2D eigenvalue weighted by Gasteiger charge is 1.96. The van der Waals surface area contributed by atoms with Crippen molar-refractivity contribution >= 4 is 11.9 Å². The topological polar surface area (TPSA) is 119 Å². The predicted octanol–water partition coefficient (Wildman–Crippen LogP) is -2.34. The van der Waals surface area contributed by atoms with Crippen LogP contribution in [0.25, 0.3) is 0 Å². The van der Waals surface area contributed by atoms with Crippen LogP contribution in [0.15, 0.2) is 0 Å². The summed E-state index contributed by atoms with van der Waals surface area (Å²) in [4.78, 5) is 20.5. The number of amides is 3. The molecule has 0 saturated heterocycles. The summed E-state index contributed by atoms with van der Waals surface area (Å²) in [7, 11) is 0. The maximum absolute atomic E-state index is 10.4. The van der Waals surface area contributed by atoms with Gasteiger partial charge in [0, 0.05) is 6.54 Å². The minimum absolute atomic E-state index is 0.147. The molecular weight excluding hydrogens is 164 g/mol. The molecule has 0 aliphatic carbocycles. The van der Waals surface area contributed by atoms with Crippen molar-refractivity contribution in [2.45, 2.75) is 0 Å². The van der Waals surface area contributed by atoms with Gasteiger partial charge in [0.1, 0.15) is 6.61 Å². The van der Waals surface area contributed by atoms with Gasteiger partial charge in [-0.25, -0.2) is 10.6 Å². The second kappa shape index (κ2) is 6.38. The molecule has 0 aliphatic rings. The predicted molar refractivity (Wildman–Crippen MR) is 40.7 cm³/mol. The van der Waals surface area contributed by atoms with Gasteiger partial charge in [-0.15, -0.1) is 0 Å². The van der Waals surface area contributed by atoms with Crippen molar-refractivity contribution in [3.05, 3.63) is 0 Å². The van der Waals surface area contributed by atoms with Crippen LogP contribution < -0.4 is 22.3 Å². The van der Waals surface area contributed by atoms with Crippen molar-refractivity contribution < 1.29 is 14.3 Å². The number of nitrogens with two attached hydrogens (primary N) is 2. The number of carbonyl (C=O) groups is 2. The number of rotatable bonds is 5. The van der Waals surface area contributed by atoms with Crippen LogP contribution in [0.3, 0.4) is 0 Å². The highest BCUT2D eigenvalue weighted by Crippen LogP contribution is 1.71. The van der Waals surface area contributed by atoms with E-state index in [-0.39, 0.29) is 19.8 Å². The molecule has 0 aromatic rings. The zero-order valence-electron chi connectivity index (χ0n) is 6.50. The minimum atomic E-state index is -0.543. The average molecular weight is 176 g/mol. The minimum Gasteiger partial charge on any atom is -0.370 e. The van der Waals surface area contributed by atoms with Crippen LogP contribution in [0.1, 0.15) is 0 Å². The van der Waals surface area contributed by atoms with E-state index in [9.17, 15) is 9.59 Å². The smallest absolute Gasteiger partial charge is 0.328 e. The largest absolute Gasteiger partial charge is 0.370 e. The Labute approximate surface area is 69.4 Å². The van der Waals surface area contributed by atoms with Crippen LogP contribution in [0.5, 0.6) is 0 Å². The fourth-order valence-electron chi connectivity index (χ4n) is 0.461. The van der Waals surface area contributed by atoms with Crippen LogP contribution >= 0.6 is 0 Å². The summed E-state index contributed by atoms with van der Waals surface area (Å²) in [6.07, 6.45) is 0. The monoisotopic (exact) mass is 176 g/mol. The molecule has 0 aromatic carbocycles. The van der Waals surface area contributed by atoms with E-state index in [2.05, 4.69) is 5.32 Å². The number of hydrogen-bond acceptors (Lipinski definition) is 4. The van der Waals surface area contributed by atoms with Crippen molar-refractivity contribution in [2.24, 2.45) is 11.6 Å². The molecule has 0 rings (SSSR count). The Kier molecular flexibility index (Phi) is 5.66. The molecule has 12 heavy (non-hydrogen) atoms. The molecule has 3 amide bonds. The van der Waals surface area contributed by atoms with Gasteiger partial charge in [0.2, 0.25) is 5.91 Å². The molecule has 6 N–H and O–H groups in total. The Hall–Kier alpha value is -1.34. The summed E-state index contributed by atoms with van der Waals surface area (Å²) < 4.78 is 4.73. The van der Waals surface area contributed by atoms with E-state index in [4.69, 9.17) is 16.3 Å². The quantitative estimate of drug-likeness (QED) is 0.162. The number of carbonyl (C=O) groups excluding carboxylic acids is 2. The third-order valence-corrected chi connectivity index (χ3v) is 0.907. The van der Waals surface area contributed by atoms with E-state index in [0.29, 0.717) is 0 Å². The van der Waals surface area contributed by atoms with Crippen LogP contribution in [0.4, 0.5) is 4.79 Å². The SMILES string of the molecule is NNC(=O)NCCOCC(N)=O. The molecule has 0 unspecified atom stereocenters. The Morgan fingerprint density at radius 2 is 2.08 bits per heavy atom. The van der Waals surface area contributed by atoms with Crippen LogP contribution in [-0.2, 0) is 9.53 Å². The lowest BCUT2D eigenvalue weighted by molar-refractivity contribution is -0.122. The van der Waals surface area contributed by atoms with E-state index < -0.39 is 11.9 Å². The van der Waals surface area contributed by atoms with Gasteiger partial charge < -0.3 is 15.8 Å². The van der Waals surface area contributed by atoms with Crippen molar-refractivity contribution in [1.29, 1.82) is 0 Å².